The van der Waals surface area contributed by atoms with Gasteiger partial charge >= 0.3 is 0 Å². The molecule has 0 bridgehead atoms. The van der Waals surface area contributed by atoms with E-state index in [0.717, 1.165) is 13.0 Å². The van der Waals surface area contributed by atoms with Crippen LogP contribution in [0, 0.1) is 0 Å². The number of rotatable bonds is 7. The van der Waals surface area contributed by atoms with E-state index in [9.17, 15) is 4.79 Å². The molecular formula is C13H20ClN3OS. The average molecular weight is 302 g/mol. The summed E-state index contributed by atoms with van der Waals surface area (Å²) in [7, 11) is 0. The molecule has 1 atom stereocenters. The smallest absolute Gasteiger partial charge is 0.251 e. The molecule has 0 saturated heterocycles. The van der Waals surface area contributed by atoms with Gasteiger partial charge in [-0.05, 0) is 31.7 Å². The Kier molecular flexibility index (Phi) is 7.02. The zero-order chi connectivity index (χ0) is 14.3. The molecule has 1 rings (SSSR count). The maximum Gasteiger partial charge on any atom is 0.251 e. The van der Waals surface area contributed by atoms with Crippen LogP contribution in [0.2, 0.25) is 5.15 Å². The van der Waals surface area contributed by atoms with E-state index in [0.29, 0.717) is 28.3 Å². The third-order valence-electron chi connectivity index (χ3n) is 2.65. The van der Waals surface area contributed by atoms with Crippen molar-refractivity contribution in [1.29, 1.82) is 0 Å². The van der Waals surface area contributed by atoms with Crippen LogP contribution in [0.25, 0.3) is 0 Å². The average Bonchev–Trinajstić information content (AvgIpc) is 2.38. The van der Waals surface area contributed by atoms with Crippen LogP contribution in [0.3, 0.4) is 0 Å². The third kappa shape index (κ3) is 5.70. The number of anilines is 1. The van der Waals surface area contributed by atoms with Gasteiger partial charge in [-0.2, -0.15) is 11.8 Å². The second kappa shape index (κ2) is 8.27. The van der Waals surface area contributed by atoms with Gasteiger partial charge in [0.05, 0.1) is 0 Å². The second-order valence-corrected chi connectivity index (χ2v) is 5.85. The molecule has 0 aliphatic carbocycles. The minimum atomic E-state index is -0.114. The molecule has 4 nitrogen and oxygen atoms in total. The highest BCUT2D eigenvalue weighted by Gasteiger charge is 2.09. The van der Waals surface area contributed by atoms with Gasteiger partial charge < -0.3 is 10.6 Å². The van der Waals surface area contributed by atoms with E-state index < -0.39 is 0 Å². The zero-order valence-electron chi connectivity index (χ0n) is 11.5. The van der Waals surface area contributed by atoms with Crippen LogP contribution in [-0.4, -0.2) is 35.5 Å². The zero-order valence-corrected chi connectivity index (χ0v) is 13.1. The van der Waals surface area contributed by atoms with E-state index in [2.05, 4.69) is 28.8 Å². The molecule has 0 aliphatic heterocycles. The molecule has 1 unspecified atom stereocenters. The van der Waals surface area contributed by atoms with Crippen LogP contribution in [0.5, 0.6) is 0 Å². The number of carbonyl (C=O) groups excluding carboxylic acids is 1. The fourth-order valence-electron chi connectivity index (χ4n) is 1.51. The molecule has 0 aliphatic rings. The van der Waals surface area contributed by atoms with Crippen molar-refractivity contribution >= 4 is 35.1 Å². The predicted octanol–water partition coefficient (Wildman–Crippen LogP) is 3.04. The standard InChI is InChI=1S/C13H20ClN3OS/c1-4-15-12-8-10(7-11(14)17-12)13(18)16-6-5-9(2)19-3/h7-9H,4-6H2,1-3H3,(H,15,17)(H,16,18). The van der Waals surface area contributed by atoms with Crippen molar-refractivity contribution in [3.8, 4) is 0 Å². The number of halogens is 1. The lowest BCUT2D eigenvalue weighted by molar-refractivity contribution is 0.0953. The number of hydrogen-bond donors (Lipinski definition) is 2. The monoisotopic (exact) mass is 301 g/mol. The summed E-state index contributed by atoms with van der Waals surface area (Å²) >= 11 is 7.69. The Morgan fingerprint density at radius 2 is 2.26 bits per heavy atom. The molecule has 0 radical (unpaired) electrons. The van der Waals surface area contributed by atoms with Gasteiger partial charge in [-0.1, -0.05) is 18.5 Å². The number of thioether (sulfide) groups is 1. The maximum atomic E-state index is 12.0. The molecule has 0 aromatic carbocycles. The molecule has 1 aromatic rings. The van der Waals surface area contributed by atoms with Crippen molar-refractivity contribution in [1.82, 2.24) is 10.3 Å². The highest BCUT2D eigenvalue weighted by Crippen LogP contribution is 2.14. The normalized spacial score (nSPS) is 12.0. The van der Waals surface area contributed by atoms with E-state index in [-0.39, 0.29) is 5.91 Å². The molecule has 0 fully saturated rings. The Hall–Kier alpha value is -0.940. The van der Waals surface area contributed by atoms with Crippen LogP contribution >= 0.6 is 23.4 Å². The SMILES string of the molecule is CCNc1cc(C(=O)NCCC(C)SC)cc(Cl)n1. The van der Waals surface area contributed by atoms with E-state index >= 15 is 0 Å². The summed E-state index contributed by atoms with van der Waals surface area (Å²) in [5.41, 5.74) is 0.535. The molecule has 0 spiro atoms. The summed E-state index contributed by atoms with van der Waals surface area (Å²) in [5.74, 6) is 0.509. The molecular weight excluding hydrogens is 282 g/mol. The highest BCUT2D eigenvalue weighted by molar-refractivity contribution is 7.99. The number of hydrogen-bond acceptors (Lipinski definition) is 4. The van der Waals surface area contributed by atoms with Crippen LogP contribution in [-0.2, 0) is 0 Å². The minimum absolute atomic E-state index is 0.114. The third-order valence-corrected chi connectivity index (χ3v) is 3.89. The number of nitrogens with one attached hydrogen (secondary N) is 2. The first-order valence-corrected chi connectivity index (χ1v) is 7.95. The van der Waals surface area contributed by atoms with Crippen molar-refractivity contribution in [3.05, 3.63) is 22.8 Å². The van der Waals surface area contributed by atoms with E-state index in [1.54, 1.807) is 23.9 Å². The summed E-state index contributed by atoms with van der Waals surface area (Å²) in [5, 5.41) is 6.80. The van der Waals surface area contributed by atoms with Gasteiger partial charge in [0, 0.05) is 23.9 Å². The first-order chi connectivity index (χ1) is 9.06. The number of amides is 1. The van der Waals surface area contributed by atoms with Crippen molar-refractivity contribution in [2.45, 2.75) is 25.5 Å². The lowest BCUT2D eigenvalue weighted by Crippen LogP contribution is -2.26. The number of aromatic nitrogens is 1. The van der Waals surface area contributed by atoms with Crippen LogP contribution < -0.4 is 10.6 Å². The van der Waals surface area contributed by atoms with Crippen LogP contribution in [0.1, 0.15) is 30.6 Å². The van der Waals surface area contributed by atoms with Gasteiger partial charge in [-0.15, -0.1) is 0 Å². The fourth-order valence-corrected chi connectivity index (χ4v) is 2.07. The van der Waals surface area contributed by atoms with Crippen molar-refractivity contribution in [3.63, 3.8) is 0 Å². The van der Waals surface area contributed by atoms with Crippen LogP contribution in [0.15, 0.2) is 12.1 Å². The Balaban J connectivity index is 2.61. The fraction of sp³-hybridized carbons (Fsp3) is 0.538. The molecule has 1 amide bonds. The first kappa shape index (κ1) is 16.1. The largest absolute Gasteiger partial charge is 0.370 e. The second-order valence-electron chi connectivity index (χ2n) is 4.19. The quantitative estimate of drug-likeness (QED) is 0.760. The number of nitrogens with zero attached hydrogens (tertiary/aromatic N) is 1. The van der Waals surface area contributed by atoms with Crippen molar-refractivity contribution in [2.24, 2.45) is 0 Å². The molecule has 1 heterocycles. The summed E-state index contributed by atoms with van der Waals surface area (Å²) in [6, 6.07) is 3.29. The molecule has 6 heteroatoms. The Labute approximate surface area is 123 Å². The highest BCUT2D eigenvalue weighted by atomic mass is 35.5. The van der Waals surface area contributed by atoms with Gasteiger partial charge in [0.2, 0.25) is 0 Å². The summed E-state index contributed by atoms with van der Waals surface area (Å²) in [6.45, 7) is 5.51. The molecule has 19 heavy (non-hydrogen) atoms. The molecule has 1 aromatic heterocycles. The lowest BCUT2D eigenvalue weighted by Gasteiger charge is -2.10. The van der Waals surface area contributed by atoms with Gasteiger partial charge in [-0.25, -0.2) is 4.98 Å². The molecule has 2 N–H and O–H groups in total. The summed E-state index contributed by atoms with van der Waals surface area (Å²) in [6.07, 6.45) is 3.02. The van der Waals surface area contributed by atoms with Gasteiger partial charge in [-0.3, -0.25) is 4.79 Å². The van der Waals surface area contributed by atoms with E-state index in [4.69, 9.17) is 11.6 Å². The minimum Gasteiger partial charge on any atom is -0.370 e. The van der Waals surface area contributed by atoms with Gasteiger partial charge in [0.1, 0.15) is 11.0 Å². The van der Waals surface area contributed by atoms with Gasteiger partial charge in [0.25, 0.3) is 5.91 Å². The lowest BCUT2D eigenvalue weighted by atomic mass is 10.2. The first-order valence-electron chi connectivity index (χ1n) is 6.29. The Morgan fingerprint density at radius 3 is 2.89 bits per heavy atom. The molecule has 0 saturated carbocycles. The maximum absolute atomic E-state index is 12.0. The predicted molar refractivity (Wildman–Crippen MR) is 83.3 cm³/mol. The summed E-state index contributed by atoms with van der Waals surface area (Å²) < 4.78 is 0. The van der Waals surface area contributed by atoms with E-state index in [1.165, 1.54) is 0 Å². The molecule has 106 valence electrons. The topological polar surface area (TPSA) is 54.0 Å². The van der Waals surface area contributed by atoms with Crippen molar-refractivity contribution in [2.75, 3.05) is 24.7 Å². The van der Waals surface area contributed by atoms with Crippen LogP contribution in [0.4, 0.5) is 5.82 Å². The van der Waals surface area contributed by atoms with Gasteiger partial charge in [0.15, 0.2) is 0 Å². The Bertz CT molecular complexity index is 428. The Morgan fingerprint density at radius 1 is 1.53 bits per heavy atom. The van der Waals surface area contributed by atoms with E-state index in [1.807, 2.05) is 6.92 Å². The summed E-state index contributed by atoms with van der Waals surface area (Å²) in [4.78, 5) is 16.1. The number of carbonyl (C=O) groups is 1. The number of pyridine rings is 1. The van der Waals surface area contributed by atoms with Crippen molar-refractivity contribution < 1.29 is 4.79 Å².